The van der Waals surface area contributed by atoms with E-state index in [1.807, 2.05) is 13.8 Å². The Morgan fingerprint density at radius 2 is 2.12 bits per heavy atom. The van der Waals surface area contributed by atoms with Gasteiger partial charge in [0, 0.05) is 18.6 Å². The van der Waals surface area contributed by atoms with Gasteiger partial charge in [-0.1, -0.05) is 0 Å². The SMILES string of the molecule is CC(C)OCC(O)CN1CC(C)OCC1(C)C. The fourth-order valence-corrected chi connectivity index (χ4v) is 1.98. The predicted molar refractivity (Wildman–Crippen MR) is 68.2 cm³/mol. The fourth-order valence-electron chi connectivity index (χ4n) is 1.98. The molecule has 0 saturated carbocycles. The molecule has 1 aliphatic heterocycles. The van der Waals surface area contributed by atoms with Crippen molar-refractivity contribution in [1.29, 1.82) is 0 Å². The molecule has 0 radical (unpaired) electrons. The van der Waals surface area contributed by atoms with E-state index in [2.05, 4.69) is 25.7 Å². The molecular weight excluding hydrogens is 218 g/mol. The second-order valence-electron chi connectivity index (χ2n) is 5.87. The van der Waals surface area contributed by atoms with Crippen LogP contribution in [0.1, 0.15) is 34.6 Å². The largest absolute Gasteiger partial charge is 0.389 e. The predicted octanol–water partition coefficient (Wildman–Crippen LogP) is 1.27. The Bertz CT molecular complexity index is 231. The molecule has 102 valence electrons. The third-order valence-corrected chi connectivity index (χ3v) is 3.11. The Labute approximate surface area is 105 Å². The van der Waals surface area contributed by atoms with Crippen molar-refractivity contribution in [2.75, 3.05) is 26.3 Å². The summed E-state index contributed by atoms with van der Waals surface area (Å²) >= 11 is 0. The van der Waals surface area contributed by atoms with Gasteiger partial charge in [-0.05, 0) is 34.6 Å². The van der Waals surface area contributed by atoms with Crippen molar-refractivity contribution in [2.45, 2.75) is 58.5 Å². The summed E-state index contributed by atoms with van der Waals surface area (Å²) in [5.41, 5.74) is -0.00861. The topological polar surface area (TPSA) is 41.9 Å². The maximum Gasteiger partial charge on any atom is 0.0900 e. The lowest BCUT2D eigenvalue weighted by atomic mass is 10.0. The number of hydrogen-bond acceptors (Lipinski definition) is 4. The summed E-state index contributed by atoms with van der Waals surface area (Å²) in [5, 5.41) is 9.96. The number of ether oxygens (including phenoxy) is 2. The highest BCUT2D eigenvalue weighted by atomic mass is 16.5. The molecule has 0 spiro atoms. The van der Waals surface area contributed by atoms with Crippen LogP contribution in [0.5, 0.6) is 0 Å². The van der Waals surface area contributed by atoms with Gasteiger partial charge >= 0.3 is 0 Å². The standard InChI is InChI=1S/C13H27NO3/c1-10(2)16-8-12(15)7-14-6-11(3)17-9-13(14,4)5/h10-12,15H,6-9H2,1-5H3. The molecule has 4 heteroatoms. The van der Waals surface area contributed by atoms with E-state index in [0.29, 0.717) is 19.8 Å². The third-order valence-electron chi connectivity index (χ3n) is 3.11. The first-order valence-corrected chi connectivity index (χ1v) is 6.47. The summed E-state index contributed by atoms with van der Waals surface area (Å²) < 4.78 is 11.1. The Balaban J connectivity index is 2.42. The van der Waals surface area contributed by atoms with Gasteiger partial charge in [0.2, 0.25) is 0 Å². The quantitative estimate of drug-likeness (QED) is 0.792. The molecule has 0 aromatic carbocycles. The first kappa shape index (κ1) is 14.9. The minimum Gasteiger partial charge on any atom is -0.389 e. The smallest absolute Gasteiger partial charge is 0.0900 e. The van der Waals surface area contributed by atoms with Crippen LogP contribution in [0.4, 0.5) is 0 Å². The maximum atomic E-state index is 9.96. The summed E-state index contributed by atoms with van der Waals surface area (Å²) in [6.07, 6.45) is -0.0236. The number of rotatable bonds is 5. The van der Waals surface area contributed by atoms with E-state index in [9.17, 15) is 5.11 Å². The van der Waals surface area contributed by atoms with E-state index in [-0.39, 0.29) is 17.7 Å². The molecule has 0 aromatic rings. The molecule has 2 unspecified atom stereocenters. The monoisotopic (exact) mass is 245 g/mol. The second kappa shape index (κ2) is 6.14. The van der Waals surface area contributed by atoms with Crippen molar-refractivity contribution in [3.05, 3.63) is 0 Å². The molecular formula is C13H27NO3. The summed E-state index contributed by atoms with van der Waals surface area (Å²) in [7, 11) is 0. The highest BCUT2D eigenvalue weighted by molar-refractivity contribution is 4.87. The average Bonchev–Trinajstić information content (AvgIpc) is 2.21. The van der Waals surface area contributed by atoms with Gasteiger partial charge in [0.05, 0.1) is 31.5 Å². The van der Waals surface area contributed by atoms with E-state index in [4.69, 9.17) is 9.47 Å². The molecule has 17 heavy (non-hydrogen) atoms. The van der Waals surface area contributed by atoms with E-state index in [1.54, 1.807) is 0 Å². The van der Waals surface area contributed by atoms with Gasteiger partial charge in [0.15, 0.2) is 0 Å². The fraction of sp³-hybridized carbons (Fsp3) is 1.00. The van der Waals surface area contributed by atoms with Crippen LogP contribution in [0.15, 0.2) is 0 Å². The van der Waals surface area contributed by atoms with Gasteiger partial charge < -0.3 is 14.6 Å². The Morgan fingerprint density at radius 1 is 1.47 bits per heavy atom. The number of hydrogen-bond donors (Lipinski definition) is 1. The van der Waals surface area contributed by atoms with Crippen molar-refractivity contribution in [2.24, 2.45) is 0 Å². The maximum absolute atomic E-state index is 9.96. The molecule has 0 amide bonds. The molecule has 1 N–H and O–H groups in total. The summed E-state index contributed by atoms with van der Waals surface area (Å²) in [4.78, 5) is 2.29. The van der Waals surface area contributed by atoms with Crippen LogP contribution in [0.25, 0.3) is 0 Å². The first-order valence-electron chi connectivity index (χ1n) is 6.47. The molecule has 0 aliphatic carbocycles. The molecule has 0 bridgehead atoms. The van der Waals surface area contributed by atoms with Crippen LogP contribution in [0, 0.1) is 0 Å². The van der Waals surface area contributed by atoms with Crippen molar-refractivity contribution >= 4 is 0 Å². The average molecular weight is 245 g/mol. The Hall–Kier alpha value is -0.160. The van der Waals surface area contributed by atoms with Gasteiger partial charge in [0.25, 0.3) is 0 Å². The highest BCUT2D eigenvalue weighted by Crippen LogP contribution is 2.22. The van der Waals surface area contributed by atoms with Gasteiger partial charge in [-0.2, -0.15) is 0 Å². The zero-order chi connectivity index (χ0) is 13.1. The second-order valence-corrected chi connectivity index (χ2v) is 5.87. The normalized spacial score (nSPS) is 27.4. The molecule has 4 nitrogen and oxygen atoms in total. The number of β-amino-alcohol motifs (C(OH)–C–C–N with tert-alkyl or cyclic N) is 1. The van der Waals surface area contributed by atoms with Gasteiger partial charge in [-0.3, -0.25) is 4.90 Å². The van der Waals surface area contributed by atoms with Crippen LogP contribution in [-0.4, -0.2) is 60.2 Å². The van der Waals surface area contributed by atoms with Crippen LogP contribution in [-0.2, 0) is 9.47 Å². The molecule has 0 aromatic heterocycles. The van der Waals surface area contributed by atoms with Gasteiger partial charge in [0.1, 0.15) is 0 Å². The lowest BCUT2D eigenvalue weighted by molar-refractivity contribution is -0.109. The van der Waals surface area contributed by atoms with E-state index in [1.165, 1.54) is 0 Å². The number of aliphatic hydroxyl groups is 1. The van der Waals surface area contributed by atoms with Crippen molar-refractivity contribution in [1.82, 2.24) is 4.90 Å². The molecule has 1 rings (SSSR count). The molecule has 2 atom stereocenters. The molecule has 1 fully saturated rings. The summed E-state index contributed by atoms with van der Waals surface area (Å²) in [5.74, 6) is 0. The highest BCUT2D eigenvalue weighted by Gasteiger charge is 2.34. The van der Waals surface area contributed by atoms with Gasteiger partial charge in [-0.25, -0.2) is 0 Å². The molecule has 1 saturated heterocycles. The lowest BCUT2D eigenvalue weighted by Gasteiger charge is -2.45. The van der Waals surface area contributed by atoms with E-state index >= 15 is 0 Å². The summed E-state index contributed by atoms with van der Waals surface area (Å²) in [6.45, 7) is 13.0. The Morgan fingerprint density at radius 3 is 2.71 bits per heavy atom. The van der Waals surface area contributed by atoms with E-state index in [0.717, 1.165) is 6.54 Å². The lowest BCUT2D eigenvalue weighted by Crippen LogP contribution is -2.57. The third kappa shape index (κ3) is 4.92. The van der Waals surface area contributed by atoms with Crippen LogP contribution < -0.4 is 0 Å². The van der Waals surface area contributed by atoms with Crippen LogP contribution in [0.2, 0.25) is 0 Å². The number of aliphatic hydroxyl groups excluding tert-OH is 1. The summed E-state index contributed by atoms with van der Waals surface area (Å²) in [6, 6.07) is 0. The van der Waals surface area contributed by atoms with Crippen molar-refractivity contribution in [3.63, 3.8) is 0 Å². The van der Waals surface area contributed by atoms with Gasteiger partial charge in [-0.15, -0.1) is 0 Å². The van der Waals surface area contributed by atoms with E-state index < -0.39 is 6.10 Å². The first-order chi connectivity index (χ1) is 7.81. The Kier molecular flexibility index (Phi) is 5.38. The van der Waals surface area contributed by atoms with Crippen LogP contribution >= 0.6 is 0 Å². The van der Waals surface area contributed by atoms with Crippen LogP contribution in [0.3, 0.4) is 0 Å². The zero-order valence-corrected chi connectivity index (χ0v) is 11.8. The van der Waals surface area contributed by atoms with Crippen molar-refractivity contribution in [3.8, 4) is 0 Å². The van der Waals surface area contributed by atoms with Crippen molar-refractivity contribution < 1.29 is 14.6 Å². The minimum atomic E-state index is -0.429. The minimum absolute atomic E-state index is 0.00861. The number of nitrogens with zero attached hydrogens (tertiary/aromatic N) is 1. The zero-order valence-electron chi connectivity index (χ0n) is 11.8. The molecule has 1 heterocycles. The number of morpholine rings is 1. The molecule has 1 aliphatic rings.